The molecule has 1 heterocycles. The highest BCUT2D eigenvalue weighted by atomic mass is 16.4. The van der Waals surface area contributed by atoms with Crippen molar-refractivity contribution in [3.05, 3.63) is 18.0 Å². The van der Waals surface area contributed by atoms with E-state index in [0.717, 1.165) is 12.2 Å². The molecule has 1 N–H and O–H groups in total. The quantitative estimate of drug-likeness (QED) is 0.743. The molecular formula is C9H15N3O2. The predicted octanol–water partition coefficient (Wildman–Crippen LogP) is 0.419. The van der Waals surface area contributed by atoms with Crippen molar-refractivity contribution in [2.45, 2.75) is 20.0 Å². The predicted molar refractivity (Wildman–Crippen MR) is 51.9 cm³/mol. The van der Waals surface area contributed by atoms with Gasteiger partial charge in [0.2, 0.25) is 0 Å². The Bertz CT molecular complexity index is 309. The number of aromatic nitrogens is 2. The number of aliphatic carboxylic acids is 1. The number of hydrogen-bond donors (Lipinski definition) is 1. The summed E-state index contributed by atoms with van der Waals surface area (Å²) >= 11 is 0. The molecule has 1 aromatic heterocycles. The molecule has 0 spiro atoms. The van der Waals surface area contributed by atoms with Crippen molar-refractivity contribution in [2.24, 2.45) is 0 Å². The zero-order valence-electron chi connectivity index (χ0n) is 8.47. The van der Waals surface area contributed by atoms with Gasteiger partial charge >= 0.3 is 5.97 Å². The van der Waals surface area contributed by atoms with Crippen molar-refractivity contribution in [3.8, 4) is 0 Å². The zero-order valence-corrected chi connectivity index (χ0v) is 8.47. The first-order valence-electron chi connectivity index (χ1n) is 4.54. The van der Waals surface area contributed by atoms with E-state index >= 15 is 0 Å². The van der Waals surface area contributed by atoms with Crippen molar-refractivity contribution >= 4 is 5.97 Å². The molecule has 14 heavy (non-hydrogen) atoms. The van der Waals surface area contributed by atoms with E-state index in [4.69, 9.17) is 5.11 Å². The van der Waals surface area contributed by atoms with Crippen molar-refractivity contribution in [1.82, 2.24) is 14.7 Å². The second-order valence-corrected chi connectivity index (χ2v) is 3.20. The second-order valence-electron chi connectivity index (χ2n) is 3.20. The van der Waals surface area contributed by atoms with Gasteiger partial charge in [0.05, 0.1) is 12.2 Å². The van der Waals surface area contributed by atoms with Crippen molar-refractivity contribution in [3.63, 3.8) is 0 Å². The van der Waals surface area contributed by atoms with E-state index in [2.05, 4.69) is 5.10 Å². The minimum absolute atomic E-state index is 0.0505. The van der Waals surface area contributed by atoms with E-state index in [1.54, 1.807) is 18.1 Å². The van der Waals surface area contributed by atoms with Gasteiger partial charge in [-0.25, -0.2) is 0 Å². The normalized spacial score (nSPS) is 10.8. The van der Waals surface area contributed by atoms with E-state index in [9.17, 15) is 4.79 Å². The molecule has 5 heteroatoms. The van der Waals surface area contributed by atoms with Crippen LogP contribution in [0.15, 0.2) is 12.3 Å². The number of carboxylic acids is 1. The van der Waals surface area contributed by atoms with E-state index < -0.39 is 5.97 Å². The SMILES string of the molecule is CCn1nccc1CN(C)CC(=O)O. The van der Waals surface area contributed by atoms with Crippen LogP contribution in [-0.4, -0.2) is 39.3 Å². The Balaban J connectivity index is 2.55. The molecule has 0 aliphatic heterocycles. The van der Waals surface area contributed by atoms with Crippen LogP contribution in [0.25, 0.3) is 0 Å². The number of aryl methyl sites for hydroxylation is 1. The van der Waals surface area contributed by atoms with Crippen LogP contribution < -0.4 is 0 Å². The highest BCUT2D eigenvalue weighted by Gasteiger charge is 2.07. The van der Waals surface area contributed by atoms with Gasteiger partial charge in [0, 0.05) is 19.3 Å². The molecule has 0 amide bonds. The van der Waals surface area contributed by atoms with Crippen LogP contribution in [0, 0.1) is 0 Å². The summed E-state index contributed by atoms with van der Waals surface area (Å²) in [5, 5.41) is 12.7. The third kappa shape index (κ3) is 2.85. The van der Waals surface area contributed by atoms with Gasteiger partial charge in [0.15, 0.2) is 0 Å². The molecule has 0 saturated heterocycles. The molecule has 1 aromatic rings. The maximum Gasteiger partial charge on any atom is 0.317 e. The van der Waals surface area contributed by atoms with Gasteiger partial charge in [-0.05, 0) is 20.0 Å². The van der Waals surface area contributed by atoms with Crippen LogP contribution in [0.3, 0.4) is 0 Å². The minimum atomic E-state index is -0.810. The van der Waals surface area contributed by atoms with Gasteiger partial charge in [-0.3, -0.25) is 14.4 Å². The van der Waals surface area contributed by atoms with Crippen LogP contribution in [0.2, 0.25) is 0 Å². The van der Waals surface area contributed by atoms with Gasteiger partial charge in [0.1, 0.15) is 0 Å². The molecule has 78 valence electrons. The van der Waals surface area contributed by atoms with Gasteiger partial charge in [-0.1, -0.05) is 0 Å². The first kappa shape index (κ1) is 10.7. The van der Waals surface area contributed by atoms with Gasteiger partial charge in [-0.2, -0.15) is 5.10 Å². The lowest BCUT2D eigenvalue weighted by molar-refractivity contribution is -0.138. The lowest BCUT2D eigenvalue weighted by Crippen LogP contribution is -2.26. The molecule has 0 unspecified atom stereocenters. The van der Waals surface area contributed by atoms with Crippen LogP contribution in [0.4, 0.5) is 0 Å². The lowest BCUT2D eigenvalue weighted by Gasteiger charge is -2.14. The van der Waals surface area contributed by atoms with Crippen LogP contribution >= 0.6 is 0 Å². The summed E-state index contributed by atoms with van der Waals surface area (Å²) in [5.41, 5.74) is 1.04. The highest BCUT2D eigenvalue weighted by Crippen LogP contribution is 2.02. The molecule has 5 nitrogen and oxygen atoms in total. The van der Waals surface area contributed by atoms with E-state index in [0.29, 0.717) is 6.54 Å². The molecule has 0 aliphatic rings. The molecule has 0 aromatic carbocycles. The fourth-order valence-electron chi connectivity index (χ4n) is 1.34. The maximum absolute atomic E-state index is 10.4. The number of rotatable bonds is 5. The Morgan fingerprint density at radius 3 is 3.00 bits per heavy atom. The average Bonchev–Trinajstić information content (AvgIpc) is 2.50. The second kappa shape index (κ2) is 4.76. The number of likely N-dealkylation sites (N-methyl/N-ethyl adjacent to an activating group) is 1. The summed E-state index contributed by atoms with van der Waals surface area (Å²) in [4.78, 5) is 12.2. The first-order valence-corrected chi connectivity index (χ1v) is 4.54. The number of hydrogen-bond acceptors (Lipinski definition) is 3. The van der Waals surface area contributed by atoms with Crippen molar-refractivity contribution < 1.29 is 9.90 Å². The summed E-state index contributed by atoms with van der Waals surface area (Å²) in [6, 6.07) is 1.90. The molecule has 1 rings (SSSR count). The third-order valence-electron chi connectivity index (χ3n) is 1.94. The Hall–Kier alpha value is -1.36. The first-order chi connectivity index (χ1) is 6.63. The Morgan fingerprint density at radius 2 is 2.43 bits per heavy atom. The summed E-state index contributed by atoms with van der Waals surface area (Å²) in [6.45, 7) is 3.48. The molecular weight excluding hydrogens is 182 g/mol. The monoisotopic (exact) mass is 197 g/mol. The Kier molecular flexibility index (Phi) is 3.64. The van der Waals surface area contributed by atoms with Crippen molar-refractivity contribution in [1.29, 1.82) is 0 Å². The van der Waals surface area contributed by atoms with Crippen LogP contribution in [-0.2, 0) is 17.9 Å². The molecule has 0 saturated carbocycles. The molecule has 0 bridgehead atoms. The lowest BCUT2D eigenvalue weighted by atomic mass is 10.4. The summed E-state index contributed by atoms with van der Waals surface area (Å²) in [6.07, 6.45) is 1.73. The number of nitrogens with zero attached hydrogens (tertiary/aromatic N) is 3. The Labute approximate surface area is 82.9 Å². The standard InChI is InChI=1S/C9H15N3O2/c1-3-12-8(4-5-10-12)6-11(2)7-9(13)14/h4-5H,3,6-7H2,1-2H3,(H,13,14). The van der Waals surface area contributed by atoms with Gasteiger partial charge in [-0.15, -0.1) is 0 Å². The molecule has 0 fully saturated rings. The van der Waals surface area contributed by atoms with E-state index in [1.165, 1.54) is 0 Å². The number of carboxylic acid groups (broad SMARTS) is 1. The maximum atomic E-state index is 10.4. The van der Waals surface area contributed by atoms with Crippen LogP contribution in [0.1, 0.15) is 12.6 Å². The van der Waals surface area contributed by atoms with Gasteiger partial charge in [0.25, 0.3) is 0 Å². The topological polar surface area (TPSA) is 58.4 Å². The average molecular weight is 197 g/mol. The zero-order chi connectivity index (χ0) is 10.6. The molecule has 0 radical (unpaired) electrons. The molecule has 0 atom stereocenters. The summed E-state index contributed by atoms with van der Waals surface area (Å²) in [7, 11) is 1.78. The highest BCUT2D eigenvalue weighted by molar-refractivity contribution is 5.68. The summed E-state index contributed by atoms with van der Waals surface area (Å²) < 4.78 is 1.86. The van der Waals surface area contributed by atoms with Crippen LogP contribution in [0.5, 0.6) is 0 Å². The third-order valence-corrected chi connectivity index (χ3v) is 1.94. The largest absolute Gasteiger partial charge is 0.480 e. The van der Waals surface area contributed by atoms with Crippen molar-refractivity contribution in [2.75, 3.05) is 13.6 Å². The number of carbonyl (C=O) groups is 1. The van der Waals surface area contributed by atoms with E-state index in [1.807, 2.05) is 17.7 Å². The minimum Gasteiger partial charge on any atom is -0.480 e. The van der Waals surface area contributed by atoms with E-state index in [-0.39, 0.29) is 6.54 Å². The Morgan fingerprint density at radius 1 is 1.71 bits per heavy atom. The summed E-state index contributed by atoms with van der Waals surface area (Å²) in [5.74, 6) is -0.810. The molecule has 0 aliphatic carbocycles. The fourth-order valence-corrected chi connectivity index (χ4v) is 1.34. The fraction of sp³-hybridized carbons (Fsp3) is 0.556. The van der Waals surface area contributed by atoms with Gasteiger partial charge < -0.3 is 5.11 Å². The smallest absolute Gasteiger partial charge is 0.317 e.